The summed E-state index contributed by atoms with van der Waals surface area (Å²) in [6.45, 7) is 2.74. The lowest BCUT2D eigenvalue weighted by Gasteiger charge is -2.08. The Balaban J connectivity index is 2.93. The van der Waals surface area contributed by atoms with Gasteiger partial charge in [-0.2, -0.15) is 0 Å². The largest absolute Gasteiger partial charge is 0.496 e. The van der Waals surface area contributed by atoms with Crippen LogP contribution in [0.4, 0.5) is 0 Å². The molecule has 1 aromatic carbocycles. The van der Waals surface area contributed by atoms with Crippen molar-refractivity contribution in [3.05, 3.63) is 29.3 Å². The zero-order valence-electron chi connectivity index (χ0n) is 8.34. The van der Waals surface area contributed by atoms with E-state index in [2.05, 4.69) is 19.1 Å². The van der Waals surface area contributed by atoms with Gasteiger partial charge in [0.25, 0.3) is 0 Å². The summed E-state index contributed by atoms with van der Waals surface area (Å²) in [6, 6.07) is 6.18. The molecule has 2 nitrogen and oxygen atoms in total. The van der Waals surface area contributed by atoms with E-state index in [-0.39, 0.29) is 0 Å². The molecule has 0 aliphatic heterocycles. The molecule has 72 valence electrons. The first-order valence-electron chi connectivity index (χ1n) is 4.67. The van der Waals surface area contributed by atoms with Gasteiger partial charge in [0, 0.05) is 6.54 Å². The van der Waals surface area contributed by atoms with Crippen LogP contribution in [0.5, 0.6) is 5.75 Å². The van der Waals surface area contributed by atoms with Crippen LogP contribution in [-0.4, -0.2) is 7.11 Å². The SMILES string of the molecule is CCCc1ccc(CN)cc1OC. The third-order valence-electron chi connectivity index (χ3n) is 2.11. The molecule has 0 bridgehead atoms. The van der Waals surface area contributed by atoms with E-state index >= 15 is 0 Å². The van der Waals surface area contributed by atoms with Crippen LogP contribution in [-0.2, 0) is 13.0 Å². The molecule has 13 heavy (non-hydrogen) atoms. The smallest absolute Gasteiger partial charge is 0.122 e. The quantitative estimate of drug-likeness (QED) is 0.768. The Labute approximate surface area is 79.7 Å². The van der Waals surface area contributed by atoms with Crippen LogP contribution >= 0.6 is 0 Å². The fraction of sp³-hybridized carbons (Fsp3) is 0.455. The van der Waals surface area contributed by atoms with Crippen molar-refractivity contribution in [1.29, 1.82) is 0 Å². The maximum absolute atomic E-state index is 5.54. The fourth-order valence-corrected chi connectivity index (χ4v) is 1.39. The minimum atomic E-state index is 0.572. The van der Waals surface area contributed by atoms with Crippen LogP contribution in [0.2, 0.25) is 0 Å². The number of nitrogens with two attached hydrogens (primary N) is 1. The summed E-state index contributed by atoms with van der Waals surface area (Å²) in [6.07, 6.45) is 2.20. The summed E-state index contributed by atoms with van der Waals surface area (Å²) in [7, 11) is 1.70. The monoisotopic (exact) mass is 179 g/mol. The summed E-state index contributed by atoms with van der Waals surface area (Å²) in [4.78, 5) is 0. The number of rotatable bonds is 4. The van der Waals surface area contributed by atoms with Gasteiger partial charge in [-0.15, -0.1) is 0 Å². The molecule has 2 N–H and O–H groups in total. The minimum absolute atomic E-state index is 0.572. The molecule has 0 aliphatic carbocycles. The van der Waals surface area contributed by atoms with Crippen molar-refractivity contribution in [2.45, 2.75) is 26.3 Å². The Bertz CT molecular complexity index is 271. The van der Waals surface area contributed by atoms with Crippen LogP contribution < -0.4 is 10.5 Å². The summed E-state index contributed by atoms with van der Waals surface area (Å²) in [5.74, 6) is 0.963. The number of methoxy groups -OCH3 is 1. The summed E-state index contributed by atoms with van der Waals surface area (Å²) in [5, 5.41) is 0. The number of hydrogen-bond donors (Lipinski definition) is 1. The fourth-order valence-electron chi connectivity index (χ4n) is 1.39. The van der Waals surface area contributed by atoms with Crippen molar-refractivity contribution >= 4 is 0 Å². The van der Waals surface area contributed by atoms with Crippen molar-refractivity contribution in [3.63, 3.8) is 0 Å². The zero-order valence-corrected chi connectivity index (χ0v) is 8.34. The van der Waals surface area contributed by atoms with Crippen molar-refractivity contribution in [1.82, 2.24) is 0 Å². The molecule has 0 radical (unpaired) electrons. The molecular formula is C11H17NO. The van der Waals surface area contributed by atoms with E-state index in [1.807, 2.05) is 6.07 Å². The Morgan fingerprint density at radius 1 is 1.38 bits per heavy atom. The molecule has 0 amide bonds. The van der Waals surface area contributed by atoms with Crippen molar-refractivity contribution < 1.29 is 4.74 Å². The Kier molecular flexibility index (Phi) is 3.77. The van der Waals surface area contributed by atoms with Gasteiger partial charge in [0.05, 0.1) is 7.11 Å². The average Bonchev–Trinajstić information content (AvgIpc) is 2.19. The van der Waals surface area contributed by atoms with Crippen molar-refractivity contribution in [2.75, 3.05) is 7.11 Å². The lowest BCUT2D eigenvalue weighted by Crippen LogP contribution is -1.99. The first kappa shape index (κ1) is 10.1. The molecule has 0 spiro atoms. The second-order valence-electron chi connectivity index (χ2n) is 3.10. The van der Waals surface area contributed by atoms with Gasteiger partial charge < -0.3 is 10.5 Å². The summed E-state index contributed by atoms with van der Waals surface area (Å²) >= 11 is 0. The van der Waals surface area contributed by atoms with Crippen LogP contribution in [0.15, 0.2) is 18.2 Å². The van der Waals surface area contributed by atoms with Gasteiger partial charge in [-0.1, -0.05) is 25.5 Å². The van der Waals surface area contributed by atoms with Crippen LogP contribution in [0.25, 0.3) is 0 Å². The van der Waals surface area contributed by atoms with Gasteiger partial charge in [0.2, 0.25) is 0 Å². The highest BCUT2D eigenvalue weighted by Crippen LogP contribution is 2.21. The van der Waals surface area contributed by atoms with Gasteiger partial charge in [-0.05, 0) is 23.6 Å². The maximum atomic E-state index is 5.54. The lowest BCUT2D eigenvalue weighted by molar-refractivity contribution is 0.409. The third kappa shape index (κ3) is 2.46. The zero-order chi connectivity index (χ0) is 9.68. The lowest BCUT2D eigenvalue weighted by atomic mass is 10.1. The Hall–Kier alpha value is -1.02. The van der Waals surface area contributed by atoms with Crippen molar-refractivity contribution in [3.8, 4) is 5.75 Å². The van der Waals surface area contributed by atoms with E-state index in [1.165, 1.54) is 5.56 Å². The normalized spacial score (nSPS) is 10.1. The molecule has 0 fully saturated rings. The Morgan fingerprint density at radius 3 is 2.69 bits per heavy atom. The topological polar surface area (TPSA) is 35.2 Å². The van der Waals surface area contributed by atoms with E-state index < -0.39 is 0 Å². The Morgan fingerprint density at radius 2 is 2.15 bits per heavy atom. The van der Waals surface area contributed by atoms with E-state index in [1.54, 1.807) is 7.11 Å². The highest BCUT2D eigenvalue weighted by atomic mass is 16.5. The van der Waals surface area contributed by atoms with Gasteiger partial charge in [-0.3, -0.25) is 0 Å². The maximum Gasteiger partial charge on any atom is 0.122 e. The van der Waals surface area contributed by atoms with Gasteiger partial charge in [0.15, 0.2) is 0 Å². The molecule has 0 unspecified atom stereocenters. The molecule has 0 heterocycles. The van der Waals surface area contributed by atoms with Gasteiger partial charge in [0.1, 0.15) is 5.75 Å². The predicted molar refractivity (Wildman–Crippen MR) is 54.9 cm³/mol. The van der Waals surface area contributed by atoms with Crippen molar-refractivity contribution in [2.24, 2.45) is 5.73 Å². The van der Waals surface area contributed by atoms with Crippen LogP contribution in [0.3, 0.4) is 0 Å². The predicted octanol–water partition coefficient (Wildman–Crippen LogP) is 2.11. The van der Waals surface area contributed by atoms with Gasteiger partial charge >= 0.3 is 0 Å². The number of aryl methyl sites for hydroxylation is 1. The number of benzene rings is 1. The molecule has 0 aromatic heterocycles. The molecule has 0 saturated carbocycles. The molecule has 0 atom stereocenters. The first-order valence-corrected chi connectivity index (χ1v) is 4.67. The first-order chi connectivity index (χ1) is 6.31. The van der Waals surface area contributed by atoms with E-state index in [0.717, 1.165) is 24.2 Å². The summed E-state index contributed by atoms with van der Waals surface area (Å²) < 4.78 is 5.28. The van der Waals surface area contributed by atoms with E-state index in [9.17, 15) is 0 Å². The average molecular weight is 179 g/mol. The van der Waals surface area contributed by atoms with Crippen LogP contribution in [0, 0.1) is 0 Å². The standard InChI is InChI=1S/C11H17NO/c1-3-4-10-6-5-9(8-12)7-11(10)13-2/h5-7H,3-4,8,12H2,1-2H3. The second-order valence-corrected chi connectivity index (χ2v) is 3.10. The van der Waals surface area contributed by atoms with Crippen LogP contribution in [0.1, 0.15) is 24.5 Å². The van der Waals surface area contributed by atoms with E-state index in [0.29, 0.717) is 6.54 Å². The molecule has 1 rings (SSSR count). The third-order valence-corrected chi connectivity index (χ3v) is 2.11. The highest BCUT2D eigenvalue weighted by Gasteiger charge is 2.02. The van der Waals surface area contributed by atoms with E-state index in [4.69, 9.17) is 10.5 Å². The molecule has 1 aromatic rings. The highest BCUT2D eigenvalue weighted by molar-refractivity contribution is 5.37. The number of ether oxygens (including phenoxy) is 1. The summed E-state index contributed by atoms with van der Waals surface area (Å²) in [5.41, 5.74) is 7.93. The molecule has 0 aliphatic rings. The minimum Gasteiger partial charge on any atom is -0.496 e. The van der Waals surface area contributed by atoms with Gasteiger partial charge in [-0.25, -0.2) is 0 Å². The molecular weight excluding hydrogens is 162 g/mol. The molecule has 0 saturated heterocycles. The number of hydrogen-bond acceptors (Lipinski definition) is 2. The molecule has 2 heteroatoms. The second kappa shape index (κ2) is 4.87.